The van der Waals surface area contributed by atoms with Gasteiger partial charge in [-0.05, 0) is 19.9 Å². The van der Waals surface area contributed by atoms with Gasteiger partial charge in [-0.25, -0.2) is 9.59 Å². The number of amides is 1. The molecule has 0 atom stereocenters. The summed E-state index contributed by atoms with van der Waals surface area (Å²) in [5.74, 6) is -0.437. The number of carbonyl (C=O) groups excluding carboxylic acids is 2. The van der Waals surface area contributed by atoms with Gasteiger partial charge in [-0.2, -0.15) is 0 Å². The van der Waals surface area contributed by atoms with Crippen LogP contribution in [0.4, 0.5) is 4.79 Å². The molecule has 92 valence electrons. The first kappa shape index (κ1) is 13.0. The molecule has 0 radical (unpaired) electrons. The summed E-state index contributed by atoms with van der Waals surface area (Å²) in [6.45, 7) is 4.02. The highest BCUT2D eigenvalue weighted by Crippen LogP contribution is 1.97. The van der Waals surface area contributed by atoms with Crippen molar-refractivity contribution >= 4 is 12.1 Å². The van der Waals surface area contributed by atoms with E-state index in [1.54, 1.807) is 32.2 Å². The number of nitrogens with zero attached hydrogens (tertiary/aromatic N) is 1. The summed E-state index contributed by atoms with van der Waals surface area (Å²) in [5.41, 5.74) is 2.78. The molecule has 6 nitrogen and oxygen atoms in total. The Kier molecular flexibility index (Phi) is 4.93. The van der Waals surface area contributed by atoms with Gasteiger partial charge in [0.25, 0.3) is 0 Å². The molecule has 0 aromatic carbocycles. The van der Waals surface area contributed by atoms with Crippen molar-refractivity contribution in [3.05, 3.63) is 30.1 Å². The van der Waals surface area contributed by atoms with Crippen LogP contribution in [-0.2, 0) is 9.47 Å². The summed E-state index contributed by atoms with van der Waals surface area (Å²) in [7, 11) is 0. The Balaban J connectivity index is 2.72. The Labute approximate surface area is 99.1 Å². The molecule has 1 aromatic rings. The van der Waals surface area contributed by atoms with Crippen molar-refractivity contribution in [3.63, 3.8) is 0 Å². The Morgan fingerprint density at radius 2 is 2.00 bits per heavy atom. The molecule has 0 aliphatic rings. The van der Waals surface area contributed by atoms with E-state index in [2.05, 4.69) is 5.43 Å². The van der Waals surface area contributed by atoms with E-state index in [1.807, 2.05) is 0 Å². The van der Waals surface area contributed by atoms with Crippen LogP contribution in [0.5, 0.6) is 0 Å². The van der Waals surface area contributed by atoms with Gasteiger partial charge < -0.3 is 9.47 Å². The average molecular weight is 239 g/mol. The zero-order valence-corrected chi connectivity index (χ0v) is 9.80. The van der Waals surface area contributed by atoms with E-state index in [4.69, 9.17) is 9.47 Å². The minimum Gasteiger partial charge on any atom is -0.462 e. The molecule has 0 aliphatic carbocycles. The van der Waals surface area contributed by atoms with Crippen LogP contribution in [-0.4, -0.2) is 25.3 Å². The van der Waals surface area contributed by atoms with Gasteiger partial charge in [0.15, 0.2) is 6.20 Å². The number of rotatable bonds is 4. The minimum atomic E-state index is -0.585. The Morgan fingerprint density at radius 1 is 1.29 bits per heavy atom. The molecule has 1 amide bonds. The number of pyridine rings is 1. The number of esters is 1. The van der Waals surface area contributed by atoms with Gasteiger partial charge in [-0.3, -0.25) is 0 Å². The van der Waals surface area contributed by atoms with Gasteiger partial charge in [-0.15, -0.1) is 0 Å². The number of ether oxygens (including phenoxy) is 2. The van der Waals surface area contributed by atoms with Gasteiger partial charge in [0.1, 0.15) is 5.56 Å². The minimum absolute atomic E-state index is 0.282. The number of hydrogen-bond donors (Lipinski definition) is 1. The summed E-state index contributed by atoms with van der Waals surface area (Å²) in [6.07, 6.45) is 2.45. The second-order valence-corrected chi connectivity index (χ2v) is 3.05. The number of aromatic nitrogens is 1. The molecular formula is C11H15N2O4+. The van der Waals surface area contributed by atoms with Crippen LogP contribution in [0.1, 0.15) is 24.2 Å². The van der Waals surface area contributed by atoms with Crippen molar-refractivity contribution in [2.45, 2.75) is 13.8 Å². The smallest absolute Gasteiger partial charge is 0.461 e. The maximum Gasteiger partial charge on any atom is 0.461 e. The molecular weight excluding hydrogens is 224 g/mol. The second kappa shape index (κ2) is 6.47. The molecule has 1 N–H and O–H groups in total. The SMILES string of the molecule is CCOC(=O)N[n+]1cccc(C(=O)OCC)c1. The third-order valence-electron chi connectivity index (χ3n) is 1.81. The zero-order valence-electron chi connectivity index (χ0n) is 9.80. The molecule has 1 rings (SSSR count). The molecule has 1 heterocycles. The van der Waals surface area contributed by atoms with Gasteiger partial charge in [0.2, 0.25) is 6.20 Å². The molecule has 0 saturated heterocycles. The maximum atomic E-state index is 11.4. The van der Waals surface area contributed by atoms with E-state index in [1.165, 1.54) is 10.9 Å². The molecule has 17 heavy (non-hydrogen) atoms. The summed E-state index contributed by atoms with van der Waals surface area (Å²) in [6, 6.07) is 3.22. The summed E-state index contributed by atoms with van der Waals surface area (Å²) in [5, 5.41) is 0. The molecule has 1 aromatic heterocycles. The predicted octanol–water partition coefficient (Wildman–Crippen LogP) is 0.851. The normalized spacial score (nSPS) is 9.53. The monoisotopic (exact) mass is 239 g/mol. The van der Waals surface area contributed by atoms with Crippen LogP contribution in [0.15, 0.2) is 24.5 Å². The van der Waals surface area contributed by atoms with E-state index in [9.17, 15) is 9.59 Å². The lowest BCUT2D eigenvalue weighted by Crippen LogP contribution is -2.48. The zero-order chi connectivity index (χ0) is 12.7. The molecule has 0 saturated carbocycles. The standard InChI is InChI=1S/C11H14N2O4/c1-3-16-10(14)9-6-5-7-13(8-9)12-11(15)17-4-2/h5-8H,3-4H2,1-2H3/p+1. The van der Waals surface area contributed by atoms with E-state index >= 15 is 0 Å². The fourth-order valence-corrected chi connectivity index (χ4v) is 1.15. The van der Waals surface area contributed by atoms with Crippen LogP contribution >= 0.6 is 0 Å². The lowest BCUT2D eigenvalue weighted by Gasteiger charge is -2.02. The van der Waals surface area contributed by atoms with Crippen LogP contribution in [0.2, 0.25) is 0 Å². The van der Waals surface area contributed by atoms with Crippen molar-refractivity contribution in [2.75, 3.05) is 18.6 Å². The van der Waals surface area contributed by atoms with Crippen LogP contribution < -0.4 is 10.1 Å². The molecule has 0 unspecified atom stereocenters. The summed E-state index contributed by atoms with van der Waals surface area (Å²) < 4.78 is 10.9. The molecule has 0 aliphatic heterocycles. The third-order valence-corrected chi connectivity index (χ3v) is 1.81. The number of nitrogens with one attached hydrogen (secondary N) is 1. The highest BCUT2D eigenvalue weighted by atomic mass is 16.6. The van der Waals surface area contributed by atoms with Gasteiger partial charge in [0, 0.05) is 6.07 Å². The first-order chi connectivity index (χ1) is 8.17. The largest absolute Gasteiger partial charge is 0.462 e. The van der Waals surface area contributed by atoms with Crippen molar-refractivity contribution in [2.24, 2.45) is 0 Å². The highest BCUT2D eigenvalue weighted by Gasteiger charge is 2.13. The van der Waals surface area contributed by atoms with Crippen molar-refractivity contribution in [3.8, 4) is 0 Å². The maximum absolute atomic E-state index is 11.4. The summed E-state index contributed by atoms with van der Waals surface area (Å²) in [4.78, 5) is 22.6. The summed E-state index contributed by atoms with van der Waals surface area (Å²) >= 11 is 0. The molecule has 0 bridgehead atoms. The van der Waals surface area contributed by atoms with E-state index in [-0.39, 0.29) is 6.61 Å². The Hall–Kier alpha value is -2.11. The van der Waals surface area contributed by atoms with E-state index in [0.29, 0.717) is 12.2 Å². The molecule has 0 fully saturated rings. The molecule has 6 heteroatoms. The first-order valence-corrected chi connectivity index (χ1v) is 5.29. The first-order valence-electron chi connectivity index (χ1n) is 5.29. The Morgan fingerprint density at radius 3 is 2.65 bits per heavy atom. The topological polar surface area (TPSA) is 68.5 Å². The fraction of sp³-hybridized carbons (Fsp3) is 0.364. The number of hydrogen-bond acceptors (Lipinski definition) is 4. The predicted molar refractivity (Wildman–Crippen MR) is 59.0 cm³/mol. The lowest BCUT2D eigenvalue weighted by molar-refractivity contribution is -0.642. The van der Waals surface area contributed by atoms with Crippen LogP contribution in [0.25, 0.3) is 0 Å². The van der Waals surface area contributed by atoms with Crippen LogP contribution in [0, 0.1) is 0 Å². The fourth-order valence-electron chi connectivity index (χ4n) is 1.15. The van der Waals surface area contributed by atoms with E-state index in [0.717, 1.165) is 0 Å². The third kappa shape index (κ3) is 4.10. The van der Waals surface area contributed by atoms with Crippen molar-refractivity contribution in [1.29, 1.82) is 0 Å². The lowest BCUT2D eigenvalue weighted by atomic mass is 10.3. The Bertz CT molecular complexity index is 406. The van der Waals surface area contributed by atoms with Crippen molar-refractivity contribution in [1.82, 2.24) is 0 Å². The quantitative estimate of drug-likeness (QED) is 0.624. The average Bonchev–Trinajstić information content (AvgIpc) is 2.30. The van der Waals surface area contributed by atoms with Crippen molar-refractivity contribution < 1.29 is 23.7 Å². The molecule has 0 spiro atoms. The van der Waals surface area contributed by atoms with E-state index < -0.39 is 12.1 Å². The van der Waals surface area contributed by atoms with Gasteiger partial charge in [-0.1, -0.05) is 10.1 Å². The van der Waals surface area contributed by atoms with Gasteiger partial charge >= 0.3 is 12.1 Å². The van der Waals surface area contributed by atoms with Gasteiger partial charge in [0.05, 0.1) is 13.2 Å². The van der Waals surface area contributed by atoms with Crippen LogP contribution in [0.3, 0.4) is 0 Å². The number of carbonyl (C=O) groups is 2. The second-order valence-electron chi connectivity index (χ2n) is 3.05. The highest BCUT2D eigenvalue weighted by molar-refractivity contribution is 5.88.